The van der Waals surface area contributed by atoms with Crippen LogP contribution in [0, 0.1) is 0 Å². The second kappa shape index (κ2) is 3.73. The van der Waals surface area contributed by atoms with E-state index in [1.54, 1.807) is 12.1 Å². The molecule has 84 valence electrons. The SMILES string of the molecule is COc1ccc(S(=O)(=O)O)c2cccnc12. The number of hydrogen-bond acceptors (Lipinski definition) is 4. The molecule has 0 saturated carbocycles. The Labute approximate surface area is 92.4 Å². The lowest BCUT2D eigenvalue weighted by molar-refractivity contribution is 0.418. The van der Waals surface area contributed by atoms with Crippen LogP contribution in [0.4, 0.5) is 0 Å². The zero-order valence-corrected chi connectivity index (χ0v) is 9.23. The van der Waals surface area contributed by atoms with E-state index in [0.29, 0.717) is 16.7 Å². The molecular formula is C10H9NO4S. The molecule has 5 nitrogen and oxygen atoms in total. The lowest BCUT2D eigenvalue weighted by Gasteiger charge is -2.07. The number of fused-ring (bicyclic) bond motifs is 1. The smallest absolute Gasteiger partial charge is 0.295 e. The van der Waals surface area contributed by atoms with Crippen molar-refractivity contribution in [3.63, 3.8) is 0 Å². The molecule has 2 aromatic rings. The highest BCUT2D eigenvalue weighted by molar-refractivity contribution is 7.86. The lowest BCUT2D eigenvalue weighted by atomic mass is 10.2. The Morgan fingerprint density at radius 2 is 2.06 bits per heavy atom. The van der Waals surface area contributed by atoms with Crippen LogP contribution >= 0.6 is 0 Å². The van der Waals surface area contributed by atoms with Crippen LogP contribution < -0.4 is 4.74 Å². The van der Waals surface area contributed by atoms with Gasteiger partial charge in [-0.2, -0.15) is 8.42 Å². The molecule has 0 radical (unpaired) electrons. The Hall–Kier alpha value is -1.66. The van der Waals surface area contributed by atoms with E-state index in [-0.39, 0.29) is 4.90 Å². The number of pyridine rings is 1. The summed E-state index contributed by atoms with van der Waals surface area (Å²) in [4.78, 5) is 3.86. The minimum absolute atomic E-state index is 0.170. The molecule has 1 heterocycles. The number of nitrogens with zero attached hydrogens (tertiary/aromatic N) is 1. The first-order valence-electron chi connectivity index (χ1n) is 4.43. The largest absolute Gasteiger partial charge is 0.494 e. The average molecular weight is 239 g/mol. The van der Waals surface area contributed by atoms with Crippen molar-refractivity contribution in [2.45, 2.75) is 4.90 Å². The molecule has 0 spiro atoms. The summed E-state index contributed by atoms with van der Waals surface area (Å²) in [5.74, 6) is 0.461. The molecule has 2 rings (SSSR count). The summed E-state index contributed by atoms with van der Waals surface area (Å²) in [6.07, 6.45) is 1.53. The van der Waals surface area contributed by atoms with Crippen LogP contribution in [0.15, 0.2) is 35.4 Å². The summed E-state index contributed by atoms with van der Waals surface area (Å²) in [6, 6.07) is 5.90. The van der Waals surface area contributed by atoms with Gasteiger partial charge in [0.25, 0.3) is 10.1 Å². The number of benzene rings is 1. The Kier molecular flexibility index (Phi) is 2.53. The molecule has 1 aromatic heterocycles. The van der Waals surface area contributed by atoms with Crippen LogP contribution in [0.1, 0.15) is 0 Å². The van der Waals surface area contributed by atoms with Gasteiger partial charge in [0.15, 0.2) is 0 Å². The first kappa shape index (κ1) is 10.8. The molecule has 1 aromatic carbocycles. The molecule has 0 aliphatic rings. The Morgan fingerprint density at radius 1 is 1.31 bits per heavy atom. The third kappa shape index (κ3) is 1.72. The Bertz CT molecular complexity index is 636. The molecule has 0 saturated heterocycles. The zero-order valence-electron chi connectivity index (χ0n) is 8.41. The monoisotopic (exact) mass is 239 g/mol. The summed E-state index contributed by atoms with van der Waals surface area (Å²) >= 11 is 0. The molecule has 1 N–H and O–H groups in total. The maximum absolute atomic E-state index is 11.1. The fourth-order valence-electron chi connectivity index (χ4n) is 1.51. The van der Waals surface area contributed by atoms with Gasteiger partial charge in [0.05, 0.1) is 7.11 Å². The van der Waals surface area contributed by atoms with Crippen molar-refractivity contribution >= 4 is 21.0 Å². The minimum Gasteiger partial charge on any atom is -0.494 e. The molecule has 0 fully saturated rings. The van der Waals surface area contributed by atoms with Crippen LogP contribution in [0.3, 0.4) is 0 Å². The van der Waals surface area contributed by atoms with Crippen LogP contribution in [0.25, 0.3) is 10.9 Å². The Morgan fingerprint density at radius 3 is 2.69 bits per heavy atom. The van der Waals surface area contributed by atoms with Crippen LogP contribution in [0.2, 0.25) is 0 Å². The Balaban J connectivity index is 2.91. The average Bonchev–Trinajstić information content (AvgIpc) is 2.26. The molecule has 16 heavy (non-hydrogen) atoms. The third-order valence-corrected chi connectivity index (χ3v) is 3.10. The highest BCUT2D eigenvalue weighted by Crippen LogP contribution is 2.28. The second-order valence-corrected chi connectivity index (χ2v) is 4.53. The molecule has 0 aliphatic heterocycles. The number of aromatic nitrogens is 1. The predicted molar refractivity (Wildman–Crippen MR) is 58.1 cm³/mol. The van der Waals surface area contributed by atoms with Crippen molar-refractivity contribution in [1.29, 1.82) is 0 Å². The topological polar surface area (TPSA) is 76.5 Å². The fraction of sp³-hybridized carbons (Fsp3) is 0.100. The van der Waals surface area contributed by atoms with E-state index in [9.17, 15) is 8.42 Å². The van der Waals surface area contributed by atoms with Gasteiger partial charge in [0.1, 0.15) is 16.2 Å². The van der Waals surface area contributed by atoms with E-state index in [2.05, 4.69) is 4.98 Å². The van der Waals surface area contributed by atoms with Gasteiger partial charge in [0, 0.05) is 11.6 Å². The maximum Gasteiger partial charge on any atom is 0.295 e. The lowest BCUT2D eigenvalue weighted by Crippen LogP contribution is -2.00. The van der Waals surface area contributed by atoms with E-state index >= 15 is 0 Å². The van der Waals surface area contributed by atoms with E-state index in [1.165, 1.54) is 25.4 Å². The van der Waals surface area contributed by atoms with Crippen molar-refractivity contribution in [2.24, 2.45) is 0 Å². The van der Waals surface area contributed by atoms with Crippen LogP contribution in [-0.2, 0) is 10.1 Å². The van der Waals surface area contributed by atoms with E-state index < -0.39 is 10.1 Å². The molecule has 0 bridgehead atoms. The van der Waals surface area contributed by atoms with Crippen LogP contribution in [0.5, 0.6) is 5.75 Å². The van der Waals surface area contributed by atoms with Gasteiger partial charge in [-0.25, -0.2) is 0 Å². The van der Waals surface area contributed by atoms with Gasteiger partial charge in [0.2, 0.25) is 0 Å². The molecule has 0 atom stereocenters. The van der Waals surface area contributed by atoms with Gasteiger partial charge >= 0.3 is 0 Å². The van der Waals surface area contributed by atoms with Crippen molar-refractivity contribution < 1.29 is 17.7 Å². The second-order valence-electron chi connectivity index (χ2n) is 3.14. The normalized spacial score (nSPS) is 11.6. The molecular weight excluding hydrogens is 230 g/mol. The van der Waals surface area contributed by atoms with Gasteiger partial charge in [-0.3, -0.25) is 9.54 Å². The fourth-order valence-corrected chi connectivity index (χ4v) is 2.19. The highest BCUT2D eigenvalue weighted by atomic mass is 32.2. The molecule has 0 amide bonds. The van der Waals surface area contributed by atoms with Crippen molar-refractivity contribution in [1.82, 2.24) is 4.98 Å². The number of hydrogen-bond donors (Lipinski definition) is 1. The summed E-state index contributed by atoms with van der Waals surface area (Å²) in [5.41, 5.74) is 0.403. The molecule has 6 heteroatoms. The summed E-state index contributed by atoms with van der Waals surface area (Å²) in [6.45, 7) is 0. The van der Waals surface area contributed by atoms with Crippen molar-refractivity contribution in [2.75, 3.05) is 7.11 Å². The maximum atomic E-state index is 11.1. The summed E-state index contributed by atoms with van der Waals surface area (Å²) < 4.78 is 36.4. The van der Waals surface area contributed by atoms with Gasteiger partial charge in [-0.15, -0.1) is 0 Å². The van der Waals surface area contributed by atoms with E-state index in [0.717, 1.165) is 0 Å². The summed E-state index contributed by atoms with van der Waals surface area (Å²) in [5, 5.41) is 0.337. The number of methoxy groups -OCH3 is 1. The number of ether oxygens (including phenoxy) is 1. The zero-order chi connectivity index (χ0) is 11.8. The molecule has 0 aliphatic carbocycles. The summed E-state index contributed by atoms with van der Waals surface area (Å²) in [7, 11) is -2.78. The first-order valence-corrected chi connectivity index (χ1v) is 5.87. The molecule has 0 unspecified atom stereocenters. The predicted octanol–water partition coefficient (Wildman–Crippen LogP) is 1.49. The van der Waals surface area contributed by atoms with Gasteiger partial charge in [-0.05, 0) is 24.3 Å². The highest BCUT2D eigenvalue weighted by Gasteiger charge is 2.16. The van der Waals surface area contributed by atoms with Gasteiger partial charge < -0.3 is 4.74 Å². The van der Waals surface area contributed by atoms with Gasteiger partial charge in [-0.1, -0.05) is 0 Å². The van der Waals surface area contributed by atoms with E-state index in [4.69, 9.17) is 9.29 Å². The third-order valence-electron chi connectivity index (χ3n) is 2.19. The first-order chi connectivity index (χ1) is 7.54. The standard InChI is InChI=1S/C10H9NO4S/c1-15-8-4-5-9(16(12,13)14)7-3-2-6-11-10(7)8/h2-6H,1H3,(H,12,13,14). The minimum atomic E-state index is -4.25. The quantitative estimate of drug-likeness (QED) is 0.803. The number of rotatable bonds is 2. The van der Waals surface area contributed by atoms with Crippen LogP contribution in [-0.4, -0.2) is 25.1 Å². The van der Waals surface area contributed by atoms with E-state index in [1.807, 2.05) is 0 Å². The van der Waals surface area contributed by atoms with Crippen molar-refractivity contribution in [3.8, 4) is 5.75 Å². The van der Waals surface area contributed by atoms with Crippen molar-refractivity contribution in [3.05, 3.63) is 30.5 Å².